The Hall–Kier alpha value is -2.88. The third-order valence-corrected chi connectivity index (χ3v) is 7.70. The molecule has 196 valence electrons. The maximum absolute atomic E-state index is 13.9. The fourth-order valence-electron chi connectivity index (χ4n) is 3.93. The fraction of sp³-hybridized carbons (Fsp3) is 0.259. The van der Waals surface area contributed by atoms with Gasteiger partial charge in [0.05, 0.1) is 11.9 Å². The van der Waals surface area contributed by atoms with Crippen molar-refractivity contribution in [3.05, 3.63) is 99.5 Å². The number of carbonyl (C=O) groups excluding carboxylic acids is 2. The van der Waals surface area contributed by atoms with E-state index in [-0.39, 0.29) is 18.9 Å². The van der Waals surface area contributed by atoms with Gasteiger partial charge in [0.25, 0.3) is 0 Å². The molecule has 1 atom stereocenters. The van der Waals surface area contributed by atoms with Crippen molar-refractivity contribution in [1.82, 2.24) is 10.2 Å². The molecule has 0 saturated carbocycles. The first-order valence-electron chi connectivity index (χ1n) is 11.7. The Kier molecular flexibility index (Phi) is 10.1. The van der Waals surface area contributed by atoms with Crippen LogP contribution in [-0.2, 0) is 32.6 Å². The van der Waals surface area contributed by atoms with E-state index in [9.17, 15) is 18.0 Å². The first kappa shape index (κ1) is 28.7. The molecule has 3 aromatic carbocycles. The second-order valence-electron chi connectivity index (χ2n) is 8.47. The lowest BCUT2D eigenvalue weighted by atomic mass is 10.0. The van der Waals surface area contributed by atoms with E-state index in [2.05, 4.69) is 21.2 Å². The van der Waals surface area contributed by atoms with Crippen LogP contribution in [-0.4, -0.2) is 50.5 Å². The van der Waals surface area contributed by atoms with E-state index in [0.29, 0.717) is 21.7 Å². The van der Waals surface area contributed by atoms with E-state index >= 15 is 0 Å². The minimum Gasteiger partial charge on any atom is -0.355 e. The summed E-state index contributed by atoms with van der Waals surface area (Å²) in [7, 11) is -3.83. The number of halogens is 2. The molecular weight excluding hydrogens is 578 g/mol. The summed E-state index contributed by atoms with van der Waals surface area (Å²) in [5, 5.41) is 3.32. The Morgan fingerprint density at radius 1 is 0.973 bits per heavy atom. The number of rotatable bonds is 11. The molecular formula is C27H29BrClN3O4S. The summed E-state index contributed by atoms with van der Waals surface area (Å²) in [5.74, 6) is -0.845. The minimum atomic E-state index is -3.83. The molecule has 10 heteroatoms. The van der Waals surface area contributed by atoms with Gasteiger partial charge >= 0.3 is 0 Å². The number of hydrogen-bond donors (Lipinski definition) is 1. The monoisotopic (exact) mass is 605 g/mol. The zero-order valence-corrected chi connectivity index (χ0v) is 23.8. The van der Waals surface area contributed by atoms with Gasteiger partial charge in [-0.05, 0) is 58.2 Å². The van der Waals surface area contributed by atoms with Crippen molar-refractivity contribution in [3.8, 4) is 0 Å². The largest absolute Gasteiger partial charge is 0.355 e. The van der Waals surface area contributed by atoms with Gasteiger partial charge in [-0.3, -0.25) is 13.9 Å². The van der Waals surface area contributed by atoms with E-state index < -0.39 is 28.5 Å². The van der Waals surface area contributed by atoms with Crippen LogP contribution in [0.4, 0.5) is 5.69 Å². The van der Waals surface area contributed by atoms with Crippen LogP contribution in [0.5, 0.6) is 0 Å². The van der Waals surface area contributed by atoms with Crippen LogP contribution in [0.3, 0.4) is 0 Å². The molecule has 0 aliphatic rings. The molecule has 7 nitrogen and oxygen atoms in total. The number of benzene rings is 3. The number of para-hydroxylation sites is 1. The summed E-state index contributed by atoms with van der Waals surface area (Å²) in [5.41, 5.74) is 1.92. The molecule has 0 aliphatic heterocycles. The van der Waals surface area contributed by atoms with Gasteiger partial charge in [-0.25, -0.2) is 8.42 Å². The van der Waals surface area contributed by atoms with Crippen molar-refractivity contribution in [3.63, 3.8) is 0 Å². The molecule has 1 N–H and O–H groups in total. The lowest BCUT2D eigenvalue weighted by Crippen LogP contribution is -2.53. The van der Waals surface area contributed by atoms with Crippen molar-refractivity contribution in [1.29, 1.82) is 0 Å². The Labute approximate surface area is 231 Å². The van der Waals surface area contributed by atoms with Gasteiger partial charge < -0.3 is 10.2 Å². The molecule has 0 radical (unpaired) electrons. The summed E-state index contributed by atoms with van der Waals surface area (Å²) in [6.07, 6.45) is 1.30. The van der Waals surface area contributed by atoms with Crippen LogP contribution in [0, 0.1) is 0 Å². The average Bonchev–Trinajstić information content (AvgIpc) is 2.85. The van der Waals surface area contributed by atoms with Gasteiger partial charge in [0.1, 0.15) is 12.6 Å². The number of nitrogens with one attached hydrogen (secondary N) is 1. The number of amides is 2. The number of likely N-dealkylation sites (N-methyl/N-ethyl adjacent to an activating group) is 1. The van der Waals surface area contributed by atoms with Gasteiger partial charge in [-0.15, -0.1) is 0 Å². The molecule has 37 heavy (non-hydrogen) atoms. The minimum absolute atomic E-state index is 0.0710. The molecule has 0 aliphatic carbocycles. The van der Waals surface area contributed by atoms with E-state index in [1.165, 1.54) is 4.90 Å². The highest BCUT2D eigenvalue weighted by atomic mass is 79.9. The SMILES string of the molecule is CCNC(=O)[C@H](Cc1ccccc1)N(Cc1cccc(Cl)c1)C(=O)CN(c1ccccc1Br)S(C)(=O)=O. The Balaban J connectivity index is 2.05. The first-order chi connectivity index (χ1) is 17.6. The molecule has 0 spiro atoms. The third kappa shape index (κ3) is 8.05. The normalized spacial score (nSPS) is 12.0. The Morgan fingerprint density at radius 3 is 2.24 bits per heavy atom. The highest BCUT2D eigenvalue weighted by Crippen LogP contribution is 2.28. The van der Waals surface area contributed by atoms with Crippen molar-refractivity contribution in [2.45, 2.75) is 25.9 Å². The molecule has 3 rings (SSSR count). The molecule has 0 fully saturated rings. The maximum Gasteiger partial charge on any atom is 0.244 e. The fourth-order valence-corrected chi connectivity index (χ4v) is 5.62. The molecule has 0 heterocycles. The van der Waals surface area contributed by atoms with E-state index in [1.807, 2.05) is 36.4 Å². The number of nitrogens with zero attached hydrogens (tertiary/aromatic N) is 2. The number of carbonyl (C=O) groups is 2. The molecule has 0 aromatic heterocycles. The summed E-state index contributed by atoms with van der Waals surface area (Å²) in [6, 6.07) is 22.3. The van der Waals surface area contributed by atoms with Crippen LogP contribution >= 0.6 is 27.5 Å². The number of hydrogen-bond acceptors (Lipinski definition) is 4. The quantitative estimate of drug-likeness (QED) is 0.345. The second kappa shape index (κ2) is 13.1. The summed E-state index contributed by atoms with van der Waals surface area (Å²) >= 11 is 9.58. The van der Waals surface area contributed by atoms with E-state index in [1.54, 1.807) is 49.4 Å². The van der Waals surface area contributed by atoms with Crippen LogP contribution in [0.1, 0.15) is 18.1 Å². The van der Waals surface area contributed by atoms with Crippen LogP contribution in [0.15, 0.2) is 83.3 Å². The Bertz CT molecular complexity index is 1340. The summed E-state index contributed by atoms with van der Waals surface area (Å²) in [4.78, 5) is 28.6. The predicted octanol–water partition coefficient (Wildman–Crippen LogP) is 4.64. The van der Waals surface area contributed by atoms with E-state index in [4.69, 9.17) is 11.6 Å². The van der Waals surface area contributed by atoms with Gasteiger partial charge in [-0.1, -0.05) is 66.2 Å². The molecule has 3 aromatic rings. The van der Waals surface area contributed by atoms with Gasteiger partial charge in [0, 0.05) is 29.0 Å². The average molecular weight is 607 g/mol. The third-order valence-electron chi connectivity index (χ3n) is 5.66. The van der Waals surface area contributed by atoms with Crippen molar-refractivity contribution in [2.75, 3.05) is 23.7 Å². The first-order valence-corrected chi connectivity index (χ1v) is 14.7. The van der Waals surface area contributed by atoms with Gasteiger partial charge in [0.15, 0.2) is 0 Å². The van der Waals surface area contributed by atoms with Crippen molar-refractivity contribution < 1.29 is 18.0 Å². The van der Waals surface area contributed by atoms with Crippen molar-refractivity contribution in [2.24, 2.45) is 0 Å². The van der Waals surface area contributed by atoms with Gasteiger partial charge in [0.2, 0.25) is 21.8 Å². The van der Waals surface area contributed by atoms with Crippen molar-refractivity contribution >= 4 is 55.1 Å². The summed E-state index contributed by atoms with van der Waals surface area (Å²) < 4.78 is 27.1. The topological polar surface area (TPSA) is 86.8 Å². The number of anilines is 1. The molecule has 0 unspecified atom stereocenters. The lowest BCUT2D eigenvalue weighted by molar-refractivity contribution is -0.140. The lowest BCUT2D eigenvalue weighted by Gasteiger charge is -2.33. The zero-order chi connectivity index (χ0) is 27.0. The van der Waals surface area contributed by atoms with Crippen LogP contribution in [0.2, 0.25) is 5.02 Å². The van der Waals surface area contributed by atoms with Crippen LogP contribution < -0.4 is 9.62 Å². The van der Waals surface area contributed by atoms with E-state index in [0.717, 1.165) is 21.7 Å². The molecule has 0 bridgehead atoms. The Morgan fingerprint density at radius 2 is 1.62 bits per heavy atom. The smallest absolute Gasteiger partial charge is 0.244 e. The zero-order valence-electron chi connectivity index (χ0n) is 20.6. The maximum atomic E-state index is 13.9. The highest BCUT2D eigenvalue weighted by Gasteiger charge is 2.33. The highest BCUT2D eigenvalue weighted by molar-refractivity contribution is 9.10. The molecule has 2 amide bonds. The van der Waals surface area contributed by atoms with Gasteiger partial charge in [-0.2, -0.15) is 0 Å². The standard InChI is InChI=1S/C27H29BrClN3O4S/c1-3-30-27(34)25(17-20-10-5-4-6-11-20)31(18-21-12-9-13-22(29)16-21)26(33)19-32(37(2,35)36)24-15-8-7-14-23(24)28/h4-16,25H,3,17-19H2,1-2H3,(H,30,34)/t25-/m0/s1. The second-order valence-corrected chi connectivity index (χ2v) is 11.7. The summed E-state index contributed by atoms with van der Waals surface area (Å²) in [6.45, 7) is 1.78. The number of sulfonamides is 1. The van der Waals surface area contributed by atoms with Crippen LogP contribution in [0.25, 0.3) is 0 Å². The predicted molar refractivity (Wildman–Crippen MR) is 151 cm³/mol. The molecule has 0 saturated heterocycles.